The second-order valence-corrected chi connectivity index (χ2v) is 6.22. The first-order chi connectivity index (χ1) is 9.78. The molecular weight excluding hydrogens is 274 g/mol. The summed E-state index contributed by atoms with van der Waals surface area (Å²) < 4.78 is 5.26. The van der Waals surface area contributed by atoms with E-state index in [-0.39, 0.29) is 5.91 Å². The van der Waals surface area contributed by atoms with Gasteiger partial charge in [-0.15, -0.1) is 11.3 Å². The Morgan fingerprint density at radius 1 is 1.40 bits per heavy atom. The molecule has 1 N–H and O–H groups in total. The number of nitrogens with one attached hydrogen (secondary N) is 1. The van der Waals surface area contributed by atoms with Crippen molar-refractivity contribution in [2.45, 2.75) is 19.3 Å². The summed E-state index contributed by atoms with van der Waals surface area (Å²) in [5.41, 5.74) is 1.83. The summed E-state index contributed by atoms with van der Waals surface area (Å²) in [6.45, 7) is 3.32. The van der Waals surface area contributed by atoms with E-state index in [0.29, 0.717) is 25.3 Å². The third-order valence-electron chi connectivity index (χ3n) is 3.76. The summed E-state index contributed by atoms with van der Waals surface area (Å²) in [5, 5.41) is 12.9. The van der Waals surface area contributed by atoms with Gasteiger partial charge < -0.3 is 10.1 Å². The van der Waals surface area contributed by atoms with Crippen molar-refractivity contribution in [2.75, 3.05) is 38.2 Å². The molecule has 1 saturated heterocycles. The molecule has 5 nitrogen and oxygen atoms in total. The average Bonchev–Trinajstić information content (AvgIpc) is 3.00. The van der Waals surface area contributed by atoms with Crippen LogP contribution in [0.3, 0.4) is 0 Å². The molecule has 0 atom stereocenters. The smallest absolute Gasteiger partial charge is 0.239 e. The van der Waals surface area contributed by atoms with Gasteiger partial charge in [-0.05, 0) is 24.8 Å². The molecule has 0 saturated carbocycles. The average molecular weight is 291 g/mol. The predicted octanol–water partition coefficient (Wildman–Crippen LogP) is 1.38. The molecule has 1 aliphatic heterocycles. The van der Waals surface area contributed by atoms with E-state index in [0.717, 1.165) is 42.9 Å². The van der Waals surface area contributed by atoms with Crippen molar-refractivity contribution < 1.29 is 9.53 Å². The number of carbonyl (C=O) groups is 1. The molecule has 0 unspecified atom stereocenters. The Balaban J connectivity index is 1.65. The van der Waals surface area contributed by atoms with Crippen molar-refractivity contribution in [1.29, 1.82) is 5.26 Å². The summed E-state index contributed by atoms with van der Waals surface area (Å²) >= 11 is 1.57. The summed E-state index contributed by atoms with van der Waals surface area (Å²) in [6, 6.07) is 2.25. The lowest BCUT2D eigenvalue weighted by Crippen LogP contribution is -2.41. The summed E-state index contributed by atoms with van der Waals surface area (Å²) in [6.07, 6.45) is 3.12. The number of carbonyl (C=O) groups excluding carboxylic acids is 1. The van der Waals surface area contributed by atoms with Crippen LogP contribution in [0.15, 0.2) is 0 Å². The minimum atomic E-state index is -0.0386. The number of amides is 1. The van der Waals surface area contributed by atoms with Gasteiger partial charge in [-0.25, -0.2) is 0 Å². The second kappa shape index (κ2) is 5.92. The number of rotatable bonds is 3. The molecule has 2 heterocycles. The van der Waals surface area contributed by atoms with Gasteiger partial charge >= 0.3 is 0 Å². The Morgan fingerprint density at radius 2 is 2.20 bits per heavy atom. The highest BCUT2D eigenvalue weighted by Crippen LogP contribution is 2.38. The number of nitrogens with zero attached hydrogens (tertiary/aromatic N) is 2. The lowest BCUT2D eigenvalue weighted by atomic mass is 10.1. The van der Waals surface area contributed by atoms with Gasteiger partial charge in [0.2, 0.25) is 5.91 Å². The number of morpholine rings is 1. The fraction of sp³-hybridized carbons (Fsp3) is 0.571. The number of thiophene rings is 1. The molecule has 0 spiro atoms. The number of fused-ring (bicyclic) bond motifs is 1. The molecule has 0 aromatic carbocycles. The highest BCUT2D eigenvalue weighted by molar-refractivity contribution is 7.16. The molecule has 1 aliphatic carbocycles. The largest absolute Gasteiger partial charge is 0.379 e. The zero-order valence-corrected chi connectivity index (χ0v) is 12.1. The molecule has 0 radical (unpaired) electrons. The number of anilines is 1. The van der Waals surface area contributed by atoms with Crippen molar-refractivity contribution in [1.82, 2.24) is 4.90 Å². The van der Waals surface area contributed by atoms with Crippen LogP contribution in [0.1, 0.15) is 22.4 Å². The van der Waals surface area contributed by atoms with Crippen molar-refractivity contribution in [3.05, 3.63) is 16.0 Å². The summed E-state index contributed by atoms with van der Waals surface area (Å²) in [7, 11) is 0. The number of ether oxygens (including phenoxy) is 1. The highest BCUT2D eigenvalue weighted by Gasteiger charge is 2.23. The van der Waals surface area contributed by atoms with Crippen LogP contribution in [-0.2, 0) is 22.4 Å². The third-order valence-corrected chi connectivity index (χ3v) is 4.96. The summed E-state index contributed by atoms with van der Waals surface area (Å²) in [5.74, 6) is -0.0386. The van der Waals surface area contributed by atoms with Gasteiger partial charge in [-0.2, -0.15) is 5.26 Å². The van der Waals surface area contributed by atoms with Crippen LogP contribution in [0.2, 0.25) is 0 Å². The topological polar surface area (TPSA) is 65.4 Å². The van der Waals surface area contributed by atoms with E-state index in [2.05, 4.69) is 16.3 Å². The maximum Gasteiger partial charge on any atom is 0.239 e. The SMILES string of the molecule is N#Cc1c(NC(=O)CN2CCOCC2)sc2c1CCC2. The minimum absolute atomic E-state index is 0.0386. The normalized spacial score (nSPS) is 18.6. The van der Waals surface area contributed by atoms with Crippen molar-refractivity contribution in [3.63, 3.8) is 0 Å². The number of hydrogen-bond acceptors (Lipinski definition) is 5. The van der Waals surface area contributed by atoms with Crippen molar-refractivity contribution in [2.24, 2.45) is 0 Å². The number of nitriles is 1. The minimum Gasteiger partial charge on any atom is -0.379 e. The van der Waals surface area contributed by atoms with E-state index in [1.807, 2.05) is 0 Å². The van der Waals surface area contributed by atoms with Crippen LogP contribution >= 0.6 is 11.3 Å². The van der Waals surface area contributed by atoms with Gasteiger partial charge in [0, 0.05) is 18.0 Å². The van der Waals surface area contributed by atoms with E-state index in [4.69, 9.17) is 4.74 Å². The molecule has 1 aromatic heterocycles. The van der Waals surface area contributed by atoms with Gasteiger partial charge in [-0.3, -0.25) is 9.69 Å². The van der Waals surface area contributed by atoms with E-state index < -0.39 is 0 Å². The van der Waals surface area contributed by atoms with Gasteiger partial charge in [0.05, 0.1) is 25.3 Å². The standard InChI is InChI=1S/C14H17N3O2S/c15-8-11-10-2-1-3-12(10)20-14(11)16-13(18)9-17-4-6-19-7-5-17/h1-7,9H2,(H,16,18). The Kier molecular flexibility index (Phi) is 4.01. The first-order valence-corrected chi connectivity index (χ1v) is 7.74. The van der Waals surface area contributed by atoms with Gasteiger partial charge in [0.1, 0.15) is 11.1 Å². The third kappa shape index (κ3) is 2.70. The summed E-state index contributed by atoms with van der Waals surface area (Å²) in [4.78, 5) is 15.4. The second-order valence-electron chi connectivity index (χ2n) is 5.11. The van der Waals surface area contributed by atoms with Crippen LogP contribution in [0.25, 0.3) is 0 Å². The molecule has 106 valence electrons. The number of aryl methyl sites for hydroxylation is 1. The van der Waals surface area contributed by atoms with Crippen molar-refractivity contribution in [3.8, 4) is 6.07 Å². The molecular formula is C14H17N3O2S. The zero-order chi connectivity index (χ0) is 13.9. The van der Waals surface area contributed by atoms with Crippen LogP contribution < -0.4 is 5.32 Å². The Morgan fingerprint density at radius 3 is 2.95 bits per heavy atom. The molecule has 6 heteroatoms. The maximum absolute atomic E-state index is 12.1. The lowest BCUT2D eigenvalue weighted by Gasteiger charge is -2.25. The Labute approximate surface area is 122 Å². The van der Waals surface area contributed by atoms with Gasteiger partial charge in [0.15, 0.2) is 0 Å². The Bertz CT molecular complexity index is 556. The first-order valence-electron chi connectivity index (χ1n) is 6.92. The number of hydrogen-bond donors (Lipinski definition) is 1. The zero-order valence-electron chi connectivity index (χ0n) is 11.3. The highest BCUT2D eigenvalue weighted by atomic mass is 32.1. The molecule has 2 aliphatic rings. The van der Waals surface area contributed by atoms with E-state index in [1.54, 1.807) is 11.3 Å². The molecule has 20 heavy (non-hydrogen) atoms. The predicted molar refractivity (Wildman–Crippen MR) is 76.9 cm³/mol. The maximum atomic E-state index is 12.1. The molecule has 3 rings (SSSR count). The monoisotopic (exact) mass is 291 g/mol. The Hall–Kier alpha value is -1.42. The fourth-order valence-corrected chi connectivity index (χ4v) is 4.00. The molecule has 1 aromatic rings. The van der Waals surface area contributed by atoms with Crippen LogP contribution in [-0.4, -0.2) is 43.7 Å². The van der Waals surface area contributed by atoms with Gasteiger partial charge in [-0.1, -0.05) is 0 Å². The molecule has 1 fully saturated rings. The van der Waals surface area contributed by atoms with Crippen LogP contribution in [0.5, 0.6) is 0 Å². The van der Waals surface area contributed by atoms with Crippen LogP contribution in [0.4, 0.5) is 5.00 Å². The van der Waals surface area contributed by atoms with E-state index in [9.17, 15) is 10.1 Å². The van der Waals surface area contributed by atoms with E-state index >= 15 is 0 Å². The first kappa shape index (κ1) is 13.6. The van der Waals surface area contributed by atoms with E-state index in [1.165, 1.54) is 4.88 Å². The lowest BCUT2D eigenvalue weighted by molar-refractivity contribution is -0.118. The van der Waals surface area contributed by atoms with Crippen LogP contribution in [0, 0.1) is 11.3 Å². The fourth-order valence-electron chi connectivity index (χ4n) is 2.74. The molecule has 0 bridgehead atoms. The quantitative estimate of drug-likeness (QED) is 0.913. The van der Waals surface area contributed by atoms with Gasteiger partial charge in [0.25, 0.3) is 0 Å². The van der Waals surface area contributed by atoms with Crippen molar-refractivity contribution >= 4 is 22.2 Å². The molecule has 1 amide bonds.